The number of nitrogens with one attached hydrogen (secondary N) is 1. The second kappa shape index (κ2) is 14.6. The highest BCUT2D eigenvalue weighted by Gasteiger charge is 2.30. The van der Waals surface area contributed by atoms with Crippen molar-refractivity contribution in [2.75, 3.05) is 24.2 Å². The molecule has 1 N–H and O–H groups in total. The van der Waals surface area contributed by atoms with Crippen molar-refractivity contribution in [1.82, 2.24) is 10.2 Å². The lowest BCUT2D eigenvalue weighted by atomic mass is 10.1. The number of carbonyl (C=O) groups excluding carboxylic acids is 2. The number of carbonyl (C=O) groups is 2. The highest BCUT2D eigenvalue weighted by Crippen LogP contribution is 2.26. The van der Waals surface area contributed by atoms with Crippen LogP contribution in [0.4, 0.5) is 5.69 Å². The maximum Gasteiger partial charge on any atom is 0.243 e. The van der Waals surface area contributed by atoms with E-state index in [-0.39, 0.29) is 43.8 Å². The van der Waals surface area contributed by atoms with Gasteiger partial charge in [-0.25, -0.2) is 8.42 Å². The van der Waals surface area contributed by atoms with Crippen LogP contribution in [0, 0.1) is 0 Å². The van der Waals surface area contributed by atoms with Crippen molar-refractivity contribution >= 4 is 50.7 Å². The molecule has 0 bridgehead atoms. The van der Waals surface area contributed by atoms with Crippen LogP contribution in [0.15, 0.2) is 42.5 Å². The Morgan fingerprint density at radius 3 is 2.37 bits per heavy atom. The zero-order valence-corrected chi connectivity index (χ0v) is 24.9. The summed E-state index contributed by atoms with van der Waals surface area (Å²) in [5.41, 5.74) is 1.11. The van der Waals surface area contributed by atoms with E-state index in [0.29, 0.717) is 33.5 Å². The number of sulfonamides is 1. The number of ether oxygens (including phenoxy) is 1. The molecule has 0 saturated carbocycles. The molecule has 0 spiro atoms. The third-order valence-electron chi connectivity index (χ3n) is 6.24. The van der Waals surface area contributed by atoms with Crippen molar-refractivity contribution in [3.8, 4) is 5.75 Å². The molecule has 2 amide bonds. The molecule has 0 aliphatic carbocycles. The quantitative estimate of drug-likeness (QED) is 0.326. The van der Waals surface area contributed by atoms with Crippen LogP contribution in [0.1, 0.15) is 52.0 Å². The number of hydrogen-bond acceptors (Lipinski definition) is 5. The lowest BCUT2D eigenvalue weighted by Crippen LogP contribution is -2.50. The molecule has 0 heterocycles. The fourth-order valence-electron chi connectivity index (χ4n) is 3.96. The van der Waals surface area contributed by atoms with Crippen molar-refractivity contribution in [3.63, 3.8) is 0 Å². The van der Waals surface area contributed by atoms with E-state index in [4.69, 9.17) is 27.9 Å². The SMILES string of the molecule is CC[C@H](C(=O)N[C@@H](C)CC)N(Cc1ccc(Cl)cc1Cl)C(=O)CCCN(c1cccc(OC)c1)S(C)(=O)=O. The third-order valence-corrected chi connectivity index (χ3v) is 8.02. The minimum Gasteiger partial charge on any atom is -0.497 e. The van der Waals surface area contributed by atoms with Gasteiger partial charge in [0.15, 0.2) is 0 Å². The van der Waals surface area contributed by atoms with Gasteiger partial charge in [0, 0.05) is 41.7 Å². The zero-order chi connectivity index (χ0) is 28.5. The number of benzene rings is 2. The predicted octanol–water partition coefficient (Wildman–Crippen LogP) is 5.27. The van der Waals surface area contributed by atoms with Crippen molar-refractivity contribution < 1.29 is 22.7 Å². The van der Waals surface area contributed by atoms with E-state index in [9.17, 15) is 18.0 Å². The Labute approximate surface area is 236 Å². The summed E-state index contributed by atoms with van der Waals surface area (Å²) in [6.45, 7) is 5.93. The molecule has 0 aliphatic heterocycles. The summed E-state index contributed by atoms with van der Waals surface area (Å²) in [5.74, 6) is 0.00652. The van der Waals surface area contributed by atoms with Gasteiger partial charge >= 0.3 is 0 Å². The number of hydrogen-bond donors (Lipinski definition) is 1. The molecule has 0 saturated heterocycles. The van der Waals surface area contributed by atoms with Crippen LogP contribution in [0.3, 0.4) is 0 Å². The van der Waals surface area contributed by atoms with Gasteiger partial charge in [0.05, 0.1) is 19.1 Å². The van der Waals surface area contributed by atoms with Crippen molar-refractivity contribution in [3.05, 3.63) is 58.1 Å². The molecule has 38 heavy (non-hydrogen) atoms. The van der Waals surface area contributed by atoms with Crippen molar-refractivity contribution in [2.24, 2.45) is 0 Å². The molecular weight excluding hydrogens is 549 g/mol. The summed E-state index contributed by atoms with van der Waals surface area (Å²) in [6.07, 6.45) is 2.56. The maximum absolute atomic E-state index is 13.5. The Morgan fingerprint density at radius 1 is 1.08 bits per heavy atom. The van der Waals surface area contributed by atoms with Gasteiger partial charge in [-0.3, -0.25) is 13.9 Å². The van der Waals surface area contributed by atoms with Crippen LogP contribution in [0.5, 0.6) is 5.75 Å². The molecule has 8 nitrogen and oxygen atoms in total. The Bertz CT molecular complexity index is 1210. The zero-order valence-electron chi connectivity index (χ0n) is 22.5. The predicted molar refractivity (Wildman–Crippen MR) is 153 cm³/mol. The Morgan fingerprint density at radius 2 is 1.79 bits per heavy atom. The topological polar surface area (TPSA) is 96.0 Å². The molecule has 0 fully saturated rings. The first kappa shape index (κ1) is 31.7. The lowest BCUT2D eigenvalue weighted by Gasteiger charge is -2.32. The molecule has 0 aromatic heterocycles. The molecular formula is C27H37Cl2N3O5S. The van der Waals surface area contributed by atoms with E-state index in [1.165, 1.54) is 16.3 Å². The average Bonchev–Trinajstić information content (AvgIpc) is 2.86. The van der Waals surface area contributed by atoms with Crippen LogP contribution in [-0.4, -0.2) is 57.1 Å². The molecule has 0 unspecified atom stereocenters. The number of anilines is 1. The first-order valence-electron chi connectivity index (χ1n) is 12.6. The number of rotatable bonds is 14. The molecule has 2 rings (SSSR count). The van der Waals surface area contributed by atoms with E-state index in [1.807, 2.05) is 20.8 Å². The van der Waals surface area contributed by atoms with Crippen LogP contribution in [0.25, 0.3) is 0 Å². The summed E-state index contributed by atoms with van der Waals surface area (Å²) >= 11 is 12.4. The average molecular weight is 587 g/mol. The highest BCUT2D eigenvalue weighted by atomic mass is 35.5. The van der Waals surface area contributed by atoms with Gasteiger partial charge < -0.3 is 15.0 Å². The van der Waals surface area contributed by atoms with Crippen LogP contribution in [0.2, 0.25) is 10.0 Å². The van der Waals surface area contributed by atoms with Crippen LogP contribution < -0.4 is 14.4 Å². The maximum atomic E-state index is 13.5. The first-order valence-corrected chi connectivity index (χ1v) is 15.2. The minimum absolute atomic E-state index is 0.0360. The van der Waals surface area contributed by atoms with Gasteiger partial charge in [-0.05, 0) is 56.0 Å². The Hall–Kier alpha value is -2.49. The summed E-state index contributed by atoms with van der Waals surface area (Å²) < 4.78 is 31.5. The lowest BCUT2D eigenvalue weighted by molar-refractivity contribution is -0.141. The van der Waals surface area contributed by atoms with E-state index in [2.05, 4.69) is 5.32 Å². The van der Waals surface area contributed by atoms with E-state index >= 15 is 0 Å². The first-order chi connectivity index (χ1) is 17.9. The summed E-state index contributed by atoms with van der Waals surface area (Å²) in [6, 6.07) is 11.0. The smallest absolute Gasteiger partial charge is 0.243 e. The summed E-state index contributed by atoms with van der Waals surface area (Å²) in [5, 5.41) is 3.83. The van der Waals surface area contributed by atoms with Crippen LogP contribution >= 0.6 is 23.2 Å². The van der Waals surface area contributed by atoms with Crippen LogP contribution in [-0.2, 0) is 26.2 Å². The van der Waals surface area contributed by atoms with Gasteiger partial charge in [-0.2, -0.15) is 0 Å². The second-order valence-corrected chi connectivity index (χ2v) is 11.9. The van der Waals surface area contributed by atoms with E-state index in [1.54, 1.807) is 42.5 Å². The van der Waals surface area contributed by atoms with Crippen molar-refractivity contribution in [1.29, 1.82) is 0 Å². The van der Waals surface area contributed by atoms with E-state index in [0.717, 1.165) is 12.7 Å². The molecule has 0 radical (unpaired) electrons. The van der Waals surface area contributed by atoms with Crippen molar-refractivity contribution in [2.45, 2.75) is 65.1 Å². The van der Waals surface area contributed by atoms with Gasteiger partial charge in [0.1, 0.15) is 11.8 Å². The third kappa shape index (κ3) is 9.06. The van der Waals surface area contributed by atoms with E-state index < -0.39 is 16.1 Å². The van der Waals surface area contributed by atoms with Gasteiger partial charge in [0.2, 0.25) is 21.8 Å². The number of methoxy groups -OCH3 is 1. The Balaban J connectivity index is 2.27. The fraction of sp³-hybridized carbons (Fsp3) is 0.481. The molecule has 2 aromatic carbocycles. The second-order valence-electron chi connectivity index (χ2n) is 9.14. The highest BCUT2D eigenvalue weighted by molar-refractivity contribution is 7.92. The number of nitrogens with zero attached hydrogens (tertiary/aromatic N) is 2. The van der Waals surface area contributed by atoms with Gasteiger partial charge in [-0.1, -0.05) is 49.2 Å². The molecule has 0 aliphatic rings. The molecule has 2 aromatic rings. The van der Waals surface area contributed by atoms with Gasteiger partial charge in [-0.15, -0.1) is 0 Å². The monoisotopic (exact) mass is 585 g/mol. The molecule has 11 heteroatoms. The standard InChI is InChI=1S/C27H37Cl2N3O5S/c1-6-19(3)30-27(34)25(7-2)31(18-20-13-14-21(28)16-24(20)29)26(33)12-9-15-32(38(5,35)36)22-10-8-11-23(17-22)37-4/h8,10-11,13-14,16-17,19,25H,6-7,9,12,15,18H2,1-5H3,(H,30,34)/t19-,25+/m0/s1. The fourth-order valence-corrected chi connectivity index (χ4v) is 5.39. The number of halogens is 2. The summed E-state index contributed by atoms with van der Waals surface area (Å²) in [7, 11) is -2.11. The largest absolute Gasteiger partial charge is 0.497 e. The minimum atomic E-state index is -3.61. The molecule has 2 atom stereocenters. The Kier molecular flexibility index (Phi) is 12.2. The van der Waals surface area contributed by atoms with Gasteiger partial charge in [0.25, 0.3) is 0 Å². The number of amides is 2. The summed E-state index contributed by atoms with van der Waals surface area (Å²) in [4.78, 5) is 28.2. The normalized spacial score (nSPS) is 12.9. The molecule has 210 valence electrons.